The molecule has 1 heterocycles. The van der Waals surface area contributed by atoms with Gasteiger partial charge in [0.2, 0.25) is 0 Å². The number of hydrogen-bond donors (Lipinski definition) is 0. The fraction of sp³-hybridized carbons (Fsp3) is 0.462. The van der Waals surface area contributed by atoms with E-state index < -0.39 is 0 Å². The summed E-state index contributed by atoms with van der Waals surface area (Å²) in [5, 5.41) is 7.68. The minimum absolute atomic E-state index is 0. The van der Waals surface area contributed by atoms with Gasteiger partial charge in [0.25, 0.3) is 0 Å². The molecule has 0 spiro atoms. The zero-order chi connectivity index (χ0) is 14.3. The van der Waals surface area contributed by atoms with E-state index in [-0.39, 0.29) is 19.5 Å². The van der Waals surface area contributed by atoms with E-state index in [0.29, 0.717) is 5.92 Å². The van der Waals surface area contributed by atoms with Crippen molar-refractivity contribution in [2.45, 2.75) is 40.5 Å². The summed E-state index contributed by atoms with van der Waals surface area (Å²) >= 11 is 0. The molecule has 0 saturated heterocycles. The van der Waals surface area contributed by atoms with Crippen LogP contribution in [0.4, 0.5) is 0 Å². The van der Waals surface area contributed by atoms with E-state index in [4.69, 9.17) is 9.59 Å². The third-order valence-corrected chi connectivity index (χ3v) is 1.18. The zero-order valence-corrected chi connectivity index (χ0v) is 13.3. The quantitative estimate of drug-likeness (QED) is 0.449. The van der Waals surface area contributed by atoms with Crippen LogP contribution in [-0.2, 0) is 29.1 Å². The van der Waals surface area contributed by atoms with Gasteiger partial charge >= 0.3 is 19.5 Å². The van der Waals surface area contributed by atoms with Crippen molar-refractivity contribution in [3.63, 3.8) is 0 Å². The van der Waals surface area contributed by atoms with Crippen molar-refractivity contribution in [3.8, 4) is 0 Å². The molecule has 0 aliphatic heterocycles. The van der Waals surface area contributed by atoms with Gasteiger partial charge in [-0.15, -0.1) is 0 Å². The van der Waals surface area contributed by atoms with Crippen LogP contribution in [0.5, 0.6) is 0 Å². The van der Waals surface area contributed by atoms with Crippen LogP contribution in [0, 0.1) is 5.92 Å². The summed E-state index contributed by atoms with van der Waals surface area (Å²) in [6.45, 7) is 17.0. The van der Waals surface area contributed by atoms with Gasteiger partial charge in [-0.05, 0) is 18.1 Å². The molecule has 0 aliphatic carbocycles. The van der Waals surface area contributed by atoms with Gasteiger partial charge in [-0.1, -0.05) is 13.8 Å². The predicted molar refractivity (Wildman–Crippen MR) is 69.9 cm³/mol. The molecule has 1 aromatic heterocycles. The second-order valence-electron chi connectivity index (χ2n) is 3.80. The summed E-state index contributed by atoms with van der Waals surface area (Å²) in [7, 11) is 0. The van der Waals surface area contributed by atoms with Crippen molar-refractivity contribution in [1.82, 2.24) is 10.2 Å². The molecule has 0 unspecified atom stereocenters. The Morgan fingerprint density at radius 2 is 1.50 bits per heavy atom. The van der Waals surface area contributed by atoms with E-state index in [2.05, 4.69) is 58.4 Å². The Morgan fingerprint density at radius 1 is 1.11 bits per heavy atom. The van der Waals surface area contributed by atoms with Crippen molar-refractivity contribution >= 4 is 13.6 Å². The van der Waals surface area contributed by atoms with Gasteiger partial charge in [0.1, 0.15) is 0 Å². The fourth-order valence-corrected chi connectivity index (χ4v) is 0.621. The van der Waals surface area contributed by atoms with Crippen LogP contribution in [0.15, 0.2) is 18.3 Å². The summed E-state index contributed by atoms with van der Waals surface area (Å²) < 4.78 is 0. The largest absolute Gasteiger partial charge is 3.00 e. The van der Waals surface area contributed by atoms with Crippen LogP contribution in [0.25, 0.3) is 0 Å². The Bertz CT molecular complexity index is 239. The first-order valence-corrected chi connectivity index (χ1v) is 5.05. The summed E-state index contributed by atoms with van der Waals surface area (Å²) in [6.07, 6.45) is 1.69. The maximum absolute atomic E-state index is 7.75. The molecular formula is C13H21N2O2Ru. The second-order valence-corrected chi connectivity index (χ2v) is 3.80. The van der Waals surface area contributed by atoms with E-state index in [1.54, 1.807) is 6.20 Å². The average molecular weight is 338 g/mol. The molecule has 0 N–H and O–H groups in total. The molecule has 0 amide bonds. The third-order valence-electron chi connectivity index (χ3n) is 1.18. The standard InChI is InChI=1S/C7H10N2.C4H9.2CHO.Ru/c1-6(2)7-4-3-5-8-9-7;1-4(2)3;2*1-2;/h3-6H,1-2H3;1-3H3;2*1H;/q;3*-1;+3. The van der Waals surface area contributed by atoms with Gasteiger partial charge < -0.3 is 15.5 Å². The topological polar surface area (TPSA) is 59.9 Å². The molecule has 0 aromatic carbocycles. The third kappa shape index (κ3) is 24.3. The van der Waals surface area contributed by atoms with Gasteiger partial charge in [-0.3, -0.25) is 13.6 Å². The van der Waals surface area contributed by atoms with Gasteiger partial charge in [0.05, 0.1) is 5.69 Å². The molecule has 18 heavy (non-hydrogen) atoms. The number of rotatable bonds is 1. The number of carbonyl (C=O) groups excluding carboxylic acids is 2. The van der Waals surface area contributed by atoms with Crippen LogP contribution in [-0.4, -0.2) is 23.8 Å². The van der Waals surface area contributed by atoms with E-state index in [0.717, 1.165) is 5.69 Å². The molecule has 1 aromatic rings. The number of aromatic nitrogens is 2. The Balaban J connectivity index is -0.0000000937. The Labute approximate surface area is 123 Å². The molecule has 4 nitrogen and oxygen atoms in total. The number of nitrogens with zero attached hydrogens (tertiary/aromatic N) is 2. The normalized spacial score (nSPS) is 7.50. The molecule has 0 fully saturated rings. The van der Waals surface area contributed by atoms with Crippen molar-refractivity contribution in [2.75, 3.05) is 0 Å². The maximum Gasteiger partial charge on any atom is 3.00 e. The minimum Gasteiger partial charge on any atom is -0.545 e. The first kappa shape index (κ1) is 25.8. The Kier molecular flexibility index (Phi) is 30.6. The van der Waals surface area contributed by atoms with Crippen LogP contribution in [0.2, 0.25) is 0 Å². The molecule has 0 aliphatic rings. The van der Waals surface area contributed by atoms with Crippen molar-refractivity contribution < 1.29 is 29.1 Å². The Morgan fingerprint density at radius 3 is 1.67 bits per heavy atom. The zero-order valence-electron chi connectivity index (χ0n) is 11.5. The summed E-state index contributed by atoms with van der Waals surface area (Å²) in [6, 6.07) is 3.89. The molecule has 103 valence electrons. The molecule has 1 rings (SSSR count). The van der Waals surface area contributed by atoms with Crippen LogP contribution < -0.4 is 0 Å². The SMILES string of the molecule is CC(C)c1cccnn1.C[C-](C)C.[CH-]=O.[CH-]=O.[Ru+3]. The van der Waals surface area contributed by atoms with Crippen LogP contribution in [0.3, 0.4) is 0 Å². The first-order valence-electron chi connectivity index (χ1n) is 5.05. The van der Waals surface area contributed by atoms with Crippen molar-refractivity contribution in [1.29, 1.82) is 0 Å². The first-order chi connectivity index (χ1) is 8.04. The molecule has 5 heteroatoms. The maximum atomic E-state index is 7.75. The Hall–Kier alpha value is -0.957. The van der Waals surface area contributed by atoms with Crippen molar-refractivity contribution in [3.05, 3.63) is 29.9 Å². The van der Waals surface area contributed by atoms with E-state index in [1.807, 2.05) is 12.1 Å². The molecule has 0 saturated carbocycles. The van der Waals surface area contributed by atoms with Gasteiger partial charge in [0, 0.05) is 6.20 Å². The molecule has 1 radical (unpaired) electrons. The van der Waals surface area contributed by atoms with E-state index in [9.17, 15) is 0 Å². The van der Waals surface area contributed by atoms with Crippen LogP contribution in [0.1, 0.15) is 46.2 Å². The second kappa shape index (κ2) is 21.3. The molecular weight excluding hydrogens is 317 g/mol. The van der Waals surface area contributed by atoms with E-state index >= 15 is 0 Å². The summed E-state index contributed by atoms with van der Waals surface area (Å²) in [4.78, 5) is 15.5. The van der Waals surface area contributed by atoms with Gasteiger partial charge in [0.15, 0.2) is 0 Å². The average Bonchev–Trinajstić information content (AvgIpc) is 2.34. The minimum atomic E-state index is 0. The summed E-state index contributed by atoms with van der Waals surface area (Å²) in [5.74, 6) is 1.90. The monoisotopic (exact) mass is 339 g/mol. The summed E-state index contributed by atoms with van der Waals surface area (Å²) in [5.41, 5.74) is 1.05. The van der Waals surface area contributed by atoms with E-state index in [1.165, 1.54) is 5.92 Å². The van der Waals surface area contributed by atoms with Gasteiger partial charge in [-0.2, -0.15) is 31.0 Å². The predicted octanol–water partition coefficient (Wildman–Crippen LogP) is 2.67. The van der Waals surface area contributed by atoms with Crippen molar-refractivity contribution in [2.24, 2.45) is 0 Å². The smallest absolute Gasteiger partial charge is 0.545 e. The number of hydrogen-bond acceptors (Lipinski definition) is 4. The van der Waals surface area contributed by atoms with Crippen LogP contribution >= 0.6 is 0 Å². The molecule has 0 bridgehead atoms. The van der Waals surface area contributed by atoms with Gasteiger partial charge in [-0.25, -0.2) is 0 Å². The molecule has 0 atom stereocenters. The fourth-order valence-electron chi connectivity index (χ4n) is 0.621.